The zero-order valence-corrected chi connectivity index (χ0v) is 14.6. The Bertz CT molecular complexity index is 634. The second-order valence-electron chi connectivity index (χ2n) is 4.72. The van der Waals surface area contributed by atoms with E-state index in [9.17, 15) is 4.39 Å². The smallest absolute Gasteiger partial charge is 0.123 e. The minimum Gasteiger partial charge on any atom is -0.310 e. The van der Waals surface area contributed by atoms with Crippen molar-refractivity contribution in [3.8, 4) is 0 Å². The molecule has 0 aliphatic carbocycles. The highest BCUT2D eigenvalue weighted by Crippen LogP contribution is 2.30. The van der Waals surface area contributed by atoms with Crippen LogP contribution in [0.3, 0.4) is 0 Å². The number of rotatable bonds is 5. The van der Waals surface area contributed by atoms with Gasteiger partial charge in [-0.3, -0.25) is 0 Å². The molecule has 0 radical (unpaired) electrons. The molecule has 1 nitrogen and oxygen atoms in total. The quantitative estimate of drug-likeness (QED) is 0.681. The molecule has 2 aromatic carbocycles. The van der Waals surface area contributed by atoms with Crippen LogP contribution >= 0.6 is 39.1 Å². The molecular weight excluding hydrogens is 376 g/mol. The first-order chi connectivity index (χ1) is 10.0. The van der Waals surface area contributed by atoms with Gasteiger partial charge >= 0.3 is 0 Å². The highest BCUT2D eigenvalue weighted by Gasteiger charge is 2.16. The van der Waals surface area contributed by atoms with Gasteiger partial charge in [0, 0.05) is 20.6 Å². The summed E-state index contributed by atoms with van der Waals surface area (Å²) in [4.78, 5) is 0. The summed E-state index contributed by atoms with van der Waals surface area (Å²) in [5.41, 5.74) is 1.85. The molecule has 0 spiro atoms. The summed E-state index contributed by atoms with van der Waals surface area (Å²) < 4.78 is 14.4. The lowest BCUT2D eigenvalue weighted by atomic mass is 9.98. The predicted octanol–water partition coefficient (Wildman–Crippen LogP) is 5.79. The Kier molecular flexibility index (Phi) is 6.06. The lowest BCUT2D eigenvalue weighted by molar-refractivity contribution is 0.540. The molecule has 2 aromatic rings. The third kappa shape index (κ3) is 4.43. The summed E-state index contributed by atoms with van der Waals surface area (Å²) in [6, 6.07) is 10.1. The number of hydrogen-bond donors (Lipinski definition) is 1. The molecule has 2 rings (SSSR count). The average molecular weight is 391 g/mol. The van der Waals surface area contributed by atoms with Gasteiger partial charge in [0.2, 0.25) is 0 Å². The molecule has 5 heteroatoms. The van der Waals surface area contributed by atoms with Gasteiger partial charge in [-0.2, -0.15) is 0 Å². The van der Waals surface area contributed by atoms with Crippen molar-refractivity contribution in [1.82, 2.24) is 5.32 Å². The van der Waals surface area contributed by atoms with Gasteiger partial charge in [-0.25, -0.2) is 4.39 Å². The molecule has 0 amide bonds. The zero-order valence-electron chi connectivity index (χ0n) is 11.5. The topological polar surface area (TPSA) is 12.0 Å². The molecule has 1 N–H and O–H groups in total. The molecule has 0 saturated carbocycles. The third-order valence-corrected chi connectivity index (χ3v) is 4.53. The molecule has 112 valence electrons. The van der Waals surface area contributed by atoms with E-state index in [4.69, 9.17) is 23.2 Å². The van der Waals surface area contributed by atoms with Gasteiger partial charge in [-0.1, -0.05) is 52.1 Å². The summed E-state index contributed by atoms with van der Waals surface area (Å²) in [6.45, 7) is 2.79. The van der Waals surface area contributed by atoms with E-state index in [1.54, 1.807) is 18.2 Å². The van der Waals surface area contributed by atoms with Gasteiger partial charge in [0.05, 0.1) is 0 Å². The van der Waals surface area contributed by atoms with Gasteiger partial charge in [0.15, 0.2) is 0 Å². The van der Waals surface area contributed by atoms with Crippen molar-refractivity contribution < 1.29 is 4.39 Å². The normalized spacial score (nSPS) is 12.4. The van der Waals surface area contributed by atoms with E-state index in [1.165, 1.54) is 6.07 Å². The van der Waals surface area contributed by atoms with Gasteiger partial charge in [-0.15, -0.1) is 0 Å². The number of hydrogen-bond acceptors (Lipinski definition) is 1. The van der Waals surface area contributed by atoms with E-state index in [2.05, 4.69) is 21.2 Å². The zero-order chi connectivity index (χ0) is 15.4. The first-order valence-electron chi connectivity index (χ1n) is 6.63. The van der Waals surface area contributed by atoms with Gasteiger partial charge < -0.3 is 5.32 Å². The van der Waals surface area contributed by atoms with Crippen molar-refractivity contribution in [2.75, 3.05) is 6.54 Å². The molecule has 0 aliphatic heterocycles. The summed E-state index contributed by atoms with van der Waals surface area (Å²) >= 11 is 15.6. The predicted molar refractivity (Wildman–Crippen MR) is 90.7 cm³/mol. The number of nitrogens with one attached hydrogen (secondary N) is 1. The van der Waals surface area contributed by atoms with Crippen LogP contribution in [0.4, 0.5) is 4.39 Å². The number of likely N-dealkylation sites (N-methyl/N-ethyl adjacent to an activating group) is 1. The molecule has 0 saturated heterocycles. The molecular formula is C16H15BrCl2FN. The standard InChI is InChI=1S/C16H15BrCl2FN/c1-2-21-16(13-9-12(20)5-6-14(13)17)7-10-3-4-11(18)8-15(10)19/h3-6,8-9,16,21H,2,7H2,1H3. The van der Waals surface area contributed by atoms with Crippen molar-refractivity contribution in [1.29, 1.82) is 0 Å². The lowest BCUT2D eigenvalue weighted by Gasteiger charge is -2.20. The Labute approximate surface area is 142 Å². The Morgan fingerprint density at radius 3 is 2.62 bits per heavy atom. The molecule has 0 fully saturated rings. The monoisotopic (exact) mass is 389 g/mol. The molecule has 0 bridgehead atoms. The minimum atomic E-state index is -0.252. The van der Waals surface area contributed by atoms with Crippen molar-refractivity contribution in [2.45, 2.75) is 19.4 Å². The first kappa shape index (κ1) is 16.8. The van der Waals surface area contributed by atoms with Crippen LogP contribution < -0.4 is 5.32 Å². The van der Waals surface area contributed by atoms with Crippen LogP contribution in [0.1, 0.15) is 24.1 Å². The van der Waals surface area contributed by atoms with Crippen LogP contribution in [0, 0.1) is 5.82 Å². The second-order valence-corrected chi connectivity index (χ2v) is 6.41. The lowest BCUT2D eigenvalue weighted by Crippen LogP contribution is -2.23. The average Bonchev–Trinajstić information content (AvgIpc) is 2.44. The summed E-state index contributed by atoms with van der Waals surface area (Å²) in [6.07, 6.45) is 0.659. The van der Waals surface area contributed by atoms with Gasteiger partial charge in [0.1, 0.15) is 5.82 Å². The van der Waals surface area contributed by atoms with Gasteiger partial charge in [0.25, 0.3) is 0 Å². The van der Waals surface area contributed by atoms with Crippen LogP contribution in [-0.4, -0.2) is 6.54 Å². The molecule has 0 heterocycles. The summed E-state index contributed by atoms with van der Waals surface area (Å²) in [7, 11) is 0. The highest BCUT2D eigenvalue weighted by atomic mass is 79.9. The van der Waals surface area contributed by atoms with Crippen LogP contribution in [0.15, 0.2) is 40.9 Å². The molecule has 21 heavy (non-hydrogen) atoms. The fourth-order valence-corrected chi connectivity index (χ4v) is 3.24. The Morgan fingerprint density at radius 1 is 1.19 bits per heavy atom. The van der Waals surface area contributed by atoms with E-state index in [0.29, 0.717) is 16.5 Å². The van der Waals surface area contributed by atoms with Crippen molar-refractivity contribution in [2.24, 2.45) is 0 Å². The van der Waals surface area contributed by atoms with Crippen LogP contribution in [-0.2, 0) is 6.42 Å². The van der Waals surface area contributed by atoms with Crippen LogP contribution in [0.5, 0.6) is 0 Å². The molecule has 0 aromatic heterocycles. The third-order valence-electron chi connectivity index (χ3n) is 3.22. The highest BCUT2D eigenvalue weighted by molar-refractivity contribution is 9.10. The van der Waals surface area contributed by atoms with E-state index < -0.39 is 0 Å². The minimum absolute atomic E-state index is 0.0289. The Hall–Kier alpha value is -0.610. The van der Waals surface area contributed by atoms with Crippen molar-refractivity contribution in [3.05, 3.63) is 67.9 Å². The van der Waals surface area contributed by atoms with Crippen molar-refractivity contribution in [3.63, 3.8) is 0 Å². The Balaban J connectivity index is 2.32. The molecule has 1 unspecified atom stereocenters. The maximum Gasteiger partial charge on any atom is 0.123 e. The van der Waals surface area contributed by atoms with E-state index in [-0.39, 0.29) is 11.9 Å². The number of halogens is 4. The van der Waals surface area contributed by atoms with E-state index in [0.717, 1.165) is 22.1 Å². The Morgan fingerprint density at radius 2 is 1.95 bits per heavy atom. The fraction of sp³-hybridized carbons (Fsp3) is 0.250. The molecule has 0 aliphatic rings. The summed E-state index contributed by atoms with van der Waals surface area (Å²) in [5.74, 6) is -0.252. The van der Waals surface area contributed by atoms with E-state index >= 15 is 0 Å². The second kappa shape index (κ2) is 7.59. The number of benzene rings is 2. The molecule has 1 atom stereocenters. The van der Waals surface area contributed by atoms with E-state index in [1.807, 2.05) is 19.1 Å². The largest absolute Gasteiger partial charge is 0.310 e. The van der Waals surface area contributed by atoms with Crippen molar-refractivity contribution >= 4 is 39.1 Å². The maximum atomic E-state index is 13.5. The maximum absolute atomic E-state index is 13.5. The van der Waals surface area contributed by atoms with Crippen LogP contribution in [0.25, 0.3) is 0 Å². The first-order valence-corrected chi connectivity index (χ1v) is 8.18. The van der Waals surface area contributed by atoms with Crippen LogP contribution in [0.2, 0.25) is 10.0 Å². The SMILES string of the molecule is CCNC(Cc1ccc(Cl)cc1Cl)c1cc(F)ccc1Br. The summed E-state index contributed by atoms with van der Waals surface area (Å²) in [5, 5.41) is 4.60. The fourth-order valence-electron chi connectivity index (χ4n) is 2.23. The van der Waals surface area contributed by atoms with Gasteiger partial charge in [-0.05, 0) is 54.4 Å².